The minimum atomic E-state index is 0.122. The van der Waals surface area contributed by atoms with Crippen LogP contribution >= 0.6 is 0 Å². The molecule has 36 heavy (non-hydrogen) atoms. The van der Waals surface area contributed by atoms with Crippen LogP contribution in [0.5, 0.6) is 0 Å². The average molecular weight is 498 g/mol. The molecule has 4 aliphatic rings. The largest absolute Gasteiger partial charge is 0.353 e. The van der Waals surface area contributed by atoms with Gasteiger partial charge in [-0.1, -0.05) is 12.8 Å². The topological polar surface area (TPSA) is 133 Å². The molecule has 4 heterocycles. The maximum absolute atomic E-state index is 12.6. The quantitative estimate of drug-likeness (QED) is 0.340. The summed E-state index contributed by atoms with van der Waals surface area (Å²) in [6, 6.07) is 0.216. The van der Waals surface area contributed by atoms with Crippen LogP contribution in [0, 0.1) is 11.8 Å². The summed E-state index contributed by atoms with van der Waals surface area (Å²) in [7, 11) is 0. The summed E-state index contributed by atoms with van der Waals surface area (Å²) in [5, 5.41) is 7.18. The van der Waals surface area contributed by atoms with Gasteiger partial charge in [0.25, 0.3) is 0 Å². The Balaban J connectivity index is 1.28. The number of nitrogens with zero attached hydrogens (tertiary/aromatic N) is 7. The zero-order chi connectivity index (χ0) is 24.9. The Morgan fingerprint density at radius 3 is 1.81 bits per heavy atom. The molecule has 3 saturated heterocycles. The molecule has 11 heteroatoms. The van der Waals surface area contributed by atoms with Gasteiger partial charge < -0.3 is 30.7 Å². The molecule has 3 N–H and O–H groups in total. The fourth-order valence-corrected chi connectivity index (χ4v) is 5.83. The molecule has 196 valence electrons. The Labute approximate surface area is 212 Å². The number of aromatic nitrogens is 3. The van der Waals surface area contributed by atoms with E-state index in [1.54, 1.807) is 0 Å². The lowest BCUT2D eigenvalue weighted by Gasteiger charge is -2.35. The van der Waals surface area contributed by atoms with E-state index in [0.29, 0.717) is 17.8 Å². The summed E-state index contributed by atoms with van der Waals surface area (Å²) >= 11 is 0. The first-order chi connectivity index (χ1) is 17.6. The van der Waals surface area contributed by atoms with Crippen molar-refractivity contribution in [3.05, 3.63) is 0 Å². The zero-order valence-corrected chi connectivity index (χ0v) is 21.1. The lowest BCUT2D eigenvalue weighted by Crippen LogP contribution is -2.47. The molecule has 0 spiro atoms. The summed E-state index contributed by atoms with van der Waals surface area (Å²) in [6.45, 7) is 4.70. The second kappa shape index (κ2) is 11.4. The summed E-state index contributed by atoms with van der Waals surface area (Å²) in [6.07, 6.45) is 10.5. The first-order valence-electron chi connectivity index (χ1n) is 13.6. The smallest absolute Gasteiger partial charge is 0.231 e. The van der Waals surface area contributed by atoms with Crippen LogP contribution in [0.3, 0.4) is 0 Å². The van der Waals surface area contributed by atoms with E-state index in [-0.39, 0.29) is 23.8 Å². The standard InChI is InChI=1S/C25H39N9O2/c26-31-21-9-15-34(16-10-21)25-29-23(32-11-5-18(17-35)6-12-32)28-24(30-25)33-13-7-20(8-14-33)27-22(36)19-3-1-2-4-19/h17-20H,1-16,26H2,(H,27,36). The predicted molar refractivity (Wildman–Crippen MR) is 139 cm³/mol. The van der Waals surface area contributed by atoms with Crippen LogP contribution in [0.25, 0.3) is 0 Å². The fraction of sp³-hybridized carbons (Fsp3) is 0.760. The van der Waals surface area contributed by atoms with Crippen LogP contribution in [-0.4, -0.2) is 78.2 Å². The summed E-state index contributed by atoms with van der Waals surface area (Å²) in [5.41, 5.74) is 1.03. The number of carbonyl (C=O) groups excluding carboxylic acids is 2. The summed E-state index contributed by atoms with van der Waals surface area (Å²) in [5.74, 6) is 8.14. The second-order valence-corrected chi connectivity index (χ2v) is 10.6. The van der Waals surface area contributed by atoms with Gasteiger partial charge in [0, 0.05) is 75.7 Å². The van der Waals surface area contributed by atoms with Gasteiger partial charge in [0.2, 0.25) is 23.8 Å². The molecule has 5 rings (SSSR count). The number of hydrogen-bond donors (Lipinski definition) is 2. The SMILES string of the molecule is NN=C1CCN(c2nc(N3CCC(C=O)CC3)nc(N3CCC(NC(=O)C4CCCC4)CC3)n2)CC1. The first kappa shape index (κ1) is 24.7. The Hall–Kier alpha value is -2.98. The minimum Gasteiger partial charge on any atom is -0.353 e. The number of hydrogen-bond acceptors (Lipinski definition) is 10. The van der Waals surface area contributed by atoms with Crippen molar-refractivity contribution in [2.45, 2.75) is 70.3 Å². The molecule has 1 aromatic rings. The van der Waals surface area contributed by atoms with E-state index < -0.39 is 0 Å². The van der Waals surface area contributed by atoms with E-state index in [0.717, 1.165) is 103 Å². The van der Waals surface area contributed by atoms with E-state index in [2.05, 4.69) is 25.1 Å². The van der Waals surface area contributed by atoms with Crippen LogP contribution in [0.1, 0.15) is 64.2 Å². The van der Waals surface area contributed by atoms with Crippen molar-refractivity contribution in [3.63, 3.8) is 0 Å². The lowest BCUT2D eigenvalue weighted by molar-refractivity contribution is -0.125. The van der Waals surface area contributed by atoms with E-state index in [9.17, 15) is 9.59 Å². The highest BCUT2D eigenvalue weighted by Crippen LogP contribution is 2.28. The number of aldehydes is 1. The molecule has 0 atom stereocenters. The normalized spacial score (nSPS) is 22.7. The second-order valence-electron chi connectivity index (χ2n) is 10.6. The monoisotopic (exact) mass is 497 g/mol. The molecule has 1 aromatic heterocycles. The molecule has 0 radical (unpaired) electrons. The molecule has 1 amide bonds. The number of rotatable bonds is 6. The summed E-state index contributed by atoms with van der Waals surface area (Å²) in [4.78, 5) is 45.1. The number of nitrogens with two attached hydrogens (primary N) is 1. The van der Waals surface area contributed by atoms with Gasteiger partial charge in [-0.3, -0.25) is 4.79 Å². The highest BCUT2D eigenvalue weighted by molar-refractivity contribution is 5.86. The van der Waals surface area contributed by atoms with Gasteiger partial charge in [0.1, 0.15) is 6.29 Å². The highest BCUT2D eigenvalue weighted by atomic mass is 16.2. The number of nitrogens with one attached hydrogen (secondary N) is 1. The fourth-order valence-electron chi connectivity index (χ4n) is 5.83. The molecular weight excluding hydrogens is 458 g/mol. The number of amides is 1. The van der Waals surface area contributed by atoms with Crippen LogP contribution in [0.2, 0.25) is 0 Å². The Kier molecular flexibility index (Phi) is 7.81. The van der Waals surface area contributed by atoms with Gasteiger partial charge in [-0.15, -0.1) is 0 Å². The average Bonchev–Trinajstić information content (AvgIpc) is 3.49. The Bertz CT molecular complexity index is 939. The highest BCUT2D eigenvalue weighted by Gasteiger charge is 2.29. The van der Waals surface area contributed by atoms with E-state index in [1.807, 2.05) is 0 Å². The van der Waals surface area contributed by atoms with Gasteiger partial charge in [-0.05, 0) is 38.5 Å². The molecule has 0 aromatic carbocycles. The van der Waals surface area contributed by atoms with Gasteiger partial charge in [-0.25, -0.2) is 0 Å². The van der Waals surface area contributed by atoms with Crippen LogP contribution in [0.15, 0.2) is 5.10 Å². The molecule has 0 unspecified atom stereocenters. The summed E-state index contributed by atoms with van der Waals surface area (Å²) < 4.78 is 0. The molecule has 4 fully saturated rings. The van der Waals surface area contributed by atoms with E-state index in [1.165, 1.54) is 12.8 Å². The van der Waals surface area contributed by atoms with Crippen molar-refractivity contribution >= 4 is 35.8 Å². The van der Waals surface area contributed by atoms with E-state index in [4.69, 9.17) is 20.8 Å². The Morgan fingerprint density at radius 2 is 1.31 bits per heavy atom. The molecule has 0 bridgehead atoms. The number of carbonyl (C=O) groups is 2. The number of hydrazone groups is 1. The molecule has 1 aliphatic carbocycles. The third-order valence-electron chi connectivity index (χ3n) is 8.27. The van der Waals surface area contributed by atoms with Crippen LogP contribution in [0.4, 0.5) is 17.8 Å². The number of anilines is 3. The third kappa shape index (κ3) is 5.70. The van der Waals surface area contributed by atoms with Gasteiger partial charge >= 0.3 is 0 Å². The zero-order valence-electron chi connectivity index (χ0n) is 21.1. The maximum Gasteiger partial charge on any atom is 0.231 e. The molecule has 1 saturated carbocycles. The van der Waals surface area contributed by atoms with Crippen molar-refractivity contribution in [3.8, 4) is 0 Å². The molecule has 11 nitrogen and oxygen atoms in total. The first-order valence-corrected chi connectivity index (χ1v) is 13.6. The predicted octanol–water partition coefficient (Wildman–Crippen LogP) is 1.48. The van der Waals surface area contributed by atoms with Crippen LogP contribution in [-0.2, 0) is 9.59 Å². The van der Waals surface area contributed by atoms with Gasteiger partial charge in [-0.2, -0.15) is 20.1 Å². The van der Waals surface area contributed by atoms with Crippen molar-refractivity contribution in [1.29, 1.82) is 0 Å². The minimum absolute atomic E-state index is 0.122. The molecule has 3 aliphatic heterocycles. The van der Waals surface area contributed by atoms with Crippen molar-refractivity contribution in [2.75, 3.05) is 54.0 Å². The van der Waals surface area contributed by atoms with E-state index >= 15 is 0 Å². The van der Waals surface area contributed by atoms with Crippen molar-refractivity contribution in [2.24, 2.45) is 22.8 Å². The Morgan fingerprint density at radius 1 is 0.806 bits per heavy atom. The van der Waals surface area contributed by atoms with Crippen molar-refractivity contribution in [1.82, 2.24) is 20.3 Å². The maximum atomic E-state index is 12.6. The van der Waals surface area contributed by atoms with Gasteiger partial charge in [0.05, 0.1) is 0 Å². The van der Waals surface area contributed by atoms with Crippen molar-refractivity contribution < 1.29 is 9.59 Å². The number of piperidine rings is 3. The third-order valence-corrected chi connectivity index (χ3v) is 8.27. The van der Waals surface area contributed by atoms with Gasteiger partial charge in [0.15, 0.2) is 0 Å². The molecular formula is C25H39N9O2. The lowest BCUT2D eigenvalue weighted by atomic mass is 9.99. The van der Waals surface area contributed by atoms with Crippen LogP contribution < -0.4 is 25.9 Å².